The maximum absolute atomic E-state index is 12.6. The van der Waals surface area contributed by atoms with Gasteiger partial charge in [0.05, 0.1) is 22.3 Å². The SMILES string of the molecule is CC(Nc1nccc(-c2sc(C3(O)CCN(C(=O)OC(C)(C)C)CC3)nc2-c2cccc(Cl)c2)n1)c1ccccc1. The third-order valence-corrected chi connectivity index (χ3v) is 8.41. The van der Waals surface area contributed by atoms with Crippen molar-refractivity contribution in [1.29, 1.82) is 0 Å². The number of amides is 1. The van der Waals surface area contributed by atoms with Crippen molar-refractivity contribution in [2.75, 3.05) is 18.4 Å². The molecule has 3 heterocycles. The van der Waals surface area contributed by atoms with Gasteiger partial charge >= 0.3 is 6.09 Å². The van der Waals surface area contributed by atoms with Crippen molar-refractivity contribution in [2.24, 2.45) is 0 Å². The van der Waals surface area contributed by atoms with E-state index in [1.807, 2.05) is 69.3 Å². The van der Waals surface area contributed by atoms with E-state index in [-0.39, 0.29) is 12.1 Å². The summed E-state index contributed by atoms with van der Waals surface area (Å²) in [4.78, 5) is 29.3. The molecule has 2 N–H and O–H groups in total. The van der Waals surface area contributed by atoms with Gasteiger partial charge in [0.2, 0.25) is 5.95 Å². The first-order chi connectivity index (χ1) is 19.5. The van der Waals surface area contributed by atoms with Crippen molar-refractivity contribution in [3.05, 3.63) is 82.5 Å². The molecule has 1 aliphatic rings. The molecule has 0 spiro atoms. The number of carbonyl (C=O) groups is 1. The number of ether oxygens (including phenoxy) is 1. The van der Waals surface area contributed by atoms with Gasteiger partial charge in [-0.25, -0.2) is 19.7 Å². The molecule has 41 heavy (non-hydrogen) atoms. The lowest BCUT2D eigenvalue weighted by molar-refractivity contribution is -0.0356. The molecule has 1 fully saturated rings. The Morgan fingerprint density at radius 3 is 2.51 bits per heavy atom. The molecule has 2 aromatic carbocycles. The first-order valence-electron chi connectivity index (χ1n) is 13.6. The van der Waals surface area contributed by atoms with E-state index in [2.05, 4.69) is 29.4 Å². The van der Waals surface area contributed by atoms with Crippen LogP contribution in [0.4, 0.5) is 10.7 Å². The van der Waals surface area contributed by atoms with Crippen LogP contribution in [0.3, 0.4) is 0 Å². The molecule has 1 saturated heterocycles. The van der Waals surface area contributed by atoms with Gasteiger partial charge in [-0.3, -0.25) is 0 Å². The Kier molecular flexibility index (Phi) is 8.31. The monoisotopic (exact) mass is 591 g/mol. The second kappa shape index (κ2) is 11.8. The lowest BCUT2D eigenvalue weighted by Crippen LogP contribution is -2.46. The predicted molar refractivity (Wildman–Crippen MR) is 163 cm³/mol. The number of carbonyl (C=O) groups excluding carboxylic acids is 1. The van der Waals surface area contributed by atoms with Crippen LogP contribution in [0.2, 0.25) is 5.02 Å². The molecule has 0 radical (unpaired) electrons. The second-order valence-electron chi connectivity index (χ2n) is 11.2. The van der Waals surface area contributed by atoms with Gasteiger partial charge in [0.25, 0.3) is 0 Å². The van der Waals surface area contributed by atoms with Crippen molar-refractivity contribution in [2.45, 2.75) is 57.8 Å². The molecular formula is C31H34ClN5O3S. The van der Waals surface area contributed by atoms with Crippen LogP contribution in [0.25, 0.3) is 21.8 Å². The van der Waals surface area contributed by atoms with E-state index in [1.54, 1.807) is 11.1 Å². The van der Waals surface area contributed by atoms with Crippen LogP contribution in [0.15, 0.2) is 66.9 Å². The van der Waals surface area contributed by atoms with Gasteiger partial charge in [-0.15, -0.1) is 11.3 Å². The zero-order valence-electron chi connectivity index (χ0n) is 23.6. The fraction of sp³-hybridized carbons (Fsp3) is 0.355. The van der Waals surface area contributed by atoms with Crippen LogP contribution in [0, 0.1) is 0 Å². The zero-order valence-corrected chi connectivity index (χ0v) is 25.2. The zero-order chi connectivity index (χ0) is 29.2. The summed E-state index contributed by atoms with van der Waals surface area (Å²) in [5.74, 6) is 0.496. The molecule has 5 rings (SSSR count). The lowest BCUT2D eigenvalue weighted by atomic mass is 9.92. The Labute approximate surface area is 249 Å². The summed E-state index contributed by atoms with van der Waals surface area (Å²) in [6, 6.07) is 19.5. The summed E-state index contributed by atoms with van der Waals surface area (Å²) in [7, 11) is 0. The maximum atomic E-state index is 12.6. The summed E-state index contributed by atoms with van der Waals surface area (Å²) >= 11 is 7.75. The van der Waals surface area contributed by atoms with E-state index < -0.39 is 11.2 Å². The number of halogens is 1. The van der Waals surface area contributed by atoms with Gasteiger partial charge in [0.1, 0.15) is 16.2 Å². The topological polar surface area (TPSA) is 100 Å². The molecule has 1 amide bonds. The number of aliphatic hydroxyl groups is 1. The molecule has 214 valence electrons. The number of anilines is 1. The highest BCUT2D eigenvalue weighted by atomic mass is 35.5. The molecule has 8 nitrogen and oxygen atoms in total. The van der Waals surface area contributed by atoms with Crippen molar-refractivity contribution in [3.63, 3.8) is 0 Å². The van der Waals surface area contributed by atoms with Gasteiger partial charge in [0.15, 0.2) is 0 Å². The van der Waals surface area contributed by atoms with Crippen LogP contribution < -0.4 is 5.32 Å². The molecule has 0 saturated carbocycles. The predicted octanol–water partition coefficient (Wildman–Crippen LogP) is 7.31. The average molecular weight is 592 g/mol. The fourth-order valence-corrected chi connectivity index (χ4v) is 6.09. The van der Waals surface area contributed by atoms with Gasteiger partial charge < -0.3 is 20.1 Å². The quantitative estimate of drug-likeness (QED) is 0.242. The standard InChI is InChI=1S/C31H34ClN5O3S/c1-20(21-9-6-5-7-10-21)34-28-33-16-13-24(35-28)26-25(22-11-8-12-23(32)19-22)36-27(41-26)31(39)14-17-37(18-15-31)29(38)40-30(2,3)4/h5-13,16,19-20,39H,14-15,17-18H2,1-4H3,(H,33,34,35). The molecule has 1 atom stereocenters. The molecule has 10 heteroatoms. The van der Waals surface area contributed by atoms with Gasteiger partial charge in [-0.05, 0) is 51.5 Å². The summed E-state index contributed by atoms with van der Waals surface area (Å²) in [5, 5.41) is 16.3. The number of piperidine rings is 1. The minimum atomic E-state index is -1.19. The van der Waals surface area contributed by atoms with Crippen LogP contribution >= 0.6 is 22.9 Å². The number of aromatic nitrogens is 3. The Balaban J connectivity index is 1.45. The van der Waals surface area contributed by atoms with E-state index in [1.165, 1.54) is 11.3 Å². The number of likely N-dealkylation sites (tertiary alicyclic amines) is 1. The molecular weight excluding hydrogens is 558 g/mol. The molecule has 2 aromatic heterocycles. The Morgan fingerprint density at radius 1 is 1.10 bits per heavy atom. The number of rotatable bonds is 6. The van der Waals surface area contributed by atoms with Crippen molar-refractivity contribution in [3.8, 4) is 21.8 Å². The van der Waals surface area contributed by atoms with Crippen LogP contribution in [0.5, 0.6) is 0 Å². The highest BCUT2D eigenvalue weighted by Crippen LogP contribution is 2.43. The number of thiazole rings is 1. The summed E-state index contributed by atoms with van der Waals surface area (Å²) in [6.45, 7) is 8.33. The van der Waals surface area contributed by atoms with E-state index in [0.29, 0.717) is 53.3 Å². The van der Waals surface area contributed by atoms with Crippen LogP contribution in [0.1, 0.15) is 57.1 Å². The number of benzene rings is 2. The summed E-state index contributed by atoms with van der Waals surface area (Å²) in [6.07, 6.45) is 2.04. The van der Waals surface area contributed by atoms with Gasteiger partial charge in [-0.2, -0.15) is 0 Å². The number of nitrogens with one attached hydrogen (secondary N) is 1. The largest absolute Gasteiger partial charge is 0.444 e. The molecule has 4 aromatic rings. The minimum Gasteiger partial charge on any atom is -0.444 e. The number of hydrogen-bond donors (Lipinski definition) is 2. The van der Waals surface area contributed by atoms with Crippen molar-refractivity contribution in [1.82, 2.24) is 19.9 Å². The first-order valence-corrected chi connectivity index (χ1v) is 14.8. The van der Waals surface area contributed by atoms with Crippen LogP contribution in [-0.2, 0) is 10.3 Å². The molecule has 1 unspecified atom stereocenters. The highest BCUT2D eigenvalue weighted by molar-refractivity contribution is 7.15. The highest BCUT2D eigenvalue weighted by Gasteiger charge is 2.40. The van der Waals surface area contributed by atoms with E-state index in [0.717, 1.165) is 16.0 Å². The third kappa shape index (κ3) is 6.86. The molecule has 0 aliphatic carbocycles. The van der Waals surface area contributed by atoms with E-state index >= 15 is 0 Å². The lowest BCUT2D eigenvalue weighted by Gasteiger charge is -2.37. The Morgan fingerprint density at radius 2 is 1.83 bits per heavy atom. The van der Waals surface area contributed by atoms with Crippen molar-refractivity contribution >= 4 is 35.0 Å². The number of nitrogens with zero attached hydrogens (tertiary/aromatic N) is 4. The van der Waals surface area contributed by atoms with E-state index in [4.69, 9.17) is 26.3 Å². The van der Waals surface area contributed by atoms with Gasteiger partial charge in [0, 0.05) is 42.7 Å². The van der Waals surface area contributed by atoms with Gasteiger partial charge in [-0.1, -0.05) is 54.1 Å². The van der Waals surface area contributed by atoms with Crippen molar-refractivity contribution < 1.29 is 14.6 Å². The number of hydrogen-bond acceptors (Lipinski definition) is 8. The molecule has 1 aliphatic heterocycles. The normalized spacial score (nSPS) is 15.8. The Bertz CT molecular complexity index is 1510. The minimum absolute atomic E-state index is 0.00624. The summed E-state index contributed by atoms with van der Waals surface area (Å²) in [5.41, 5.74) is 1.57. The fourth-order valence-electron chi connectivity index (χ4n) is 4.70. The first kappa shape index (κ1) is 29.0. The maximum Gasteiger partial charge on any atom is 0.410 e. The average Bonchev–Trinajstić information content (AvgIpc) is 3.40. The van der Waals surface area contributed by atoms with Crippen LogP contribution in [-0.4, -0.2) is 49.7 Å². The summed E-state index contributed by atoms with van der Waals surface area (Å²) < 4.78 is 5.53. The third-order valence-electron chi connectivity index (χ3n) is 6.90. The second-order valence-corrected chi connectivity index (χ2v) is 12.7. The smallest absolute Gasteiger partial charge is 0.410 e. The molecule has 0 bridgehead atoms. The van der Waals surface area contributed by atoms with E-state index in [9.17, 15) is 9.90 Å². The Hall–Kier alpha value is -3.53.